The van der Waals surface area contributed by atoms with E-state index in [-0.39, 0.29) is 35.3 Å². The van der Waals surface area contributed by atoms with Crippen LogP contribution in [-0.2, 0) is 11.3 Å². The highest BCUT2D eigenvalue weighted by Gasteiger charge is 2.40. The van der Waals surface area contributed by atoms with E-state index in [0.29, 0.717) is 52.9 Å². The Labute approximate surface area is 254 Å². The van der Waals surface area contributed by atoms with Crippen LogP contribution in [0.3, 0.4) is 0 Å². The van der Waals surface area contributed by atoms with Crippen LogP contribution in [0.2, 0.25) is 0 Å². The van der Waals surface area contributed by atoms with Gasteiger partial charge in [-0.1, -0.05) is 63.2 Å². The summed E-state index contributed by atoms with van der Waals surface area (Å²) in [5.74, 6) is 0.865. The van der Waals surface area contributed by atoms with E-state index in [0.717, 1.165) is 17.3 Å². The van der Waals surface area contributed by atoms with E-state index in [1.807, 2.05) is 64.1 Å². The maximum absolute atomic E-state index is 13.0. The molecule has 0 spiro atoms. The maximum Gasteiger partial charge on any atom is 0.407 e. The molecule has 2 aromatic carbocycles. The SMILES string of the molecule is Cc1c(Oc2cccc(/C=C3\SC(=O)N(Cc4ccccc4)C3=O)c2)ncnc1OC1CCN(C(=O)O)C(C(C)(C)C)C1. The third-order valence-electron chi connectivity index (χ3n) is 7.50. The summed E-state index contributed by atoms with van der Waals surface area (Å²) in [5, 5.41) is 9.36. The lowest BCUT2D eigenvalue weighted by molar-refractivity contribution is -0.123. The summed E-state index contributed by atoms with van der Waals surface area (Å²) in [5.41, 5.74) is 1.95. The molecular formula is C32H34N4O6S. The highest BCUT2D eigenvalue weighted by Crippen LogP contribution is 2.36. The molecule has 224 valence electrons. The standard InChI is InChI=1S/C32H34N4O6S/c1-20-27(33-19-34-28(20)42-24-13-14-35(30(38)39)26(17-24)32(2,3)4)41-23-12-8-11-22(15-23)16-25-29(37)36(31(40)43-25)18-21-9-6-5-7-10-21/h5-12,15-16,19,24,26H,13-14,17-18H2,1-4H3,(H,38,39)/b25-16-. The number of aromatic nitrogens is 2. The first-order valence-electron chi connectivity index (χ1n) is 14.0. The number of carboxylic acid groups (broad SMARTS) is 1. The van der Waals surface area contributed by atoms with Gasteiger partial charge < -0.3 is 19.5 Å². The van der Waals surface area contributed by atoms with Crippen molar-refractivity contribution in [1.82, 2.24) is 19.8 Å². The summed E-state index contributed by atoms with van der Waals surface area (Å²) in [6, 6.07) is 16.4. The zero-order valence-corrected chi connectivity index (χ0v) is 25.3. The smallest absolute Gasteiger partial charge is 0.407 e. The molecule has 2 aliphatic rings. The van der Waals surface area contributed by atoms with Gasteiger partial charge in [-0.2, -0.15) is 0 Å². The molecule has 0 bridgehead atoms. The number of thioether (sulfide) groups is 1. The van der Waals surface area contributed by atoms with Crippen molar-refractivity contribution >= 4 is 35.1 Å². The lowest BCUT2D eigenvalue weighted by atomic mass is 9.80. The minimum absolute atomic E-state index is 0.191. The average Bonchev–Trinajstić information content (AvgIpc) is 3.22. The van der Waals surface area contributed by atoms with Gasteiger partial charge in [-0.15, -0.1) is 0 Å². The van der Waals surface area contributed by atoms with Crippen molar-refractivity contribution in [3.8, 4) is 17.5 Å². The molecule has 0 saturated carbocycles. The Morgan fingerprint density at radius 3 is 2.56 bits per heavy atom. The van der Waals surface area contributed by atoms with Crippen LogP contribution in [0.25, 0.3) is 6.08 Å². The second kappa shape index (κ2) is 12.5. The number of carbonyl (C=O) groups is 3. The number of carbonyl (C=O) groups excluding carboxylic acids is 2. The van der Waals surface area contributed by atoms with E-state index in [2.05, 4.69) is 9.97 Å². The van der Waals surface area contributed by atoms with Gasteiger partial charge in [0.1, 0.15) is 18.2 Å². The molecule has 2 fully saturated rings. The summed E-state index contributed by atoms with van der Waals surface area (Å²) in [4.78, 5) is 49.1. The summed E-state index contributed by atoms with van der Waals surface area (Å²) < 4.78 is 12.4. The van der Waals surface area contributed by atoms with Gasteiger partial charge in [0.05, 0.1) is 17.0 Å². The van der Waals surface area contributed by atoms with E-state index in [1.54, 1.807) is 24.3 Å². The lowest BCUT2D eigenvalue weighted by Crippen LogP contribution is -2.53. The van der Waals surface area contributed by atoms with Crippen LogP contribution < -0.4 is 9.47 Å². The van der Waals surface area contributed by atoms with Crippen molar-refractivity contribution in [2.75, 3.05) is 6.54 Å². The third kappa shape index (κ3) is 6.99. The number of piperidine rings is 1. The molecule has 3 heterocycles. The van der Waals surface area contributed by atoms with Crippen molar-refractivity contribution in [2.45, 2.75) is 59.2 Å². The zero-order valence-electron chi connectivity index (χ0n) is 24.5. The molecule has 10 nitrogen and oxygen atoms in total. The maximum atomic E-state index is 13.0. The van der Waals surface area contributed by atoms with Gasteiger partial charge in [-0.05, 0) is 53.4 Å². The van der Waals surface area contributed by atoms with Gasteiger partial charge in [0.2, 0.25) is 11.8 Å². The first kappa shape index (κ1) is 30.1. The molecule has 0 aliphatic carbocycles. The summed E-state index contributed by atoms with van der Waals surface area (Å²) in [6.07, 6.45) is 3.03. The van der Waals surface area contributed by atoms with Gasteiger partial charge in [0, 0.05) is 25.4 Å². The highest BCUT2D eigenvalue weighted by atomic mass is 32.2. The molecule has 3 aromatic rings. The molecule has 2 saturated heterocycles. The fraction of sp³-hybridized carbons (Fsp3) is 0.344. The number of likely N-dealkylation sites (tertiary alicyclic amines) is 1. The van der Waals surface area contributed by atoms with E-state index in [1.165, 1.54) is 16.1 Å². The van der Waals surface area contributed by atoms with E-state index < -0.39 is 6.09 Å². The first-order valence-corrected chi connectivity index (χ1v) is 14.9. The van der Waals surface area contributed by atoms with Crippen LogP contribution in [0.4, 0.5) is 9.59 Å². The molecule has 2 atom stereocenters. The normalized spacial score (nSPS) is 20.0. The Hall–Kier alpha value is -4.38. The van der Waals surface area contributed by atoms with E-state index in [9.17, 15) is 19.5 Å². The van der Waals surface area contributed by atoms with Crippen LogP contribution in [0.1, 0.15) is 50.3 Å². The van der Waals surface area contributed by atoms with Crippen molar-refractivity contribution < 1.29 is 29.0 Å². The minimum Gasteiger partial charge on any atom is -0.474 e. The molecule has 1 aromatic heterocycles. The number of amides is 3. The topological polar surface area (TPSA) is 122 Å². The molecule has 2 aliphatic heterocycles. The minimum atomic E-state index is -0.919. The van der Waals surface area contributed by atoms with Crippen LogP contribution >= 0.6 is 11.8 Å². The van der Waals surface area contributed by atoms with Crippen molar-refractivity contribution in [3.05, 3.63) is 82.5 Å². The van der Waals surface area contributed by atoms with Crippen LogP contribution in [0.5, 0.6) is 17.5 Å². The second-order valence-electron chi connectivity index (χ2n) is 11.7. The predicted molar refractivity (Wildman–Crippen MR) is 163 cm³/mol. The fourth-order valence-electron chi connectivity index (χ4n) is 5.22. The van der Waals surface area contributed by atoms with Crippen LogP contribution in [0, 0.1) is 12.3 Å². The number of hydrogen-bond acceptors (Lipinski definition) is 8. The molecule has 43 heavy (non-hydrogen) atoms. The molecule has 2 unspecified atom stereocenters. The van der Waals surface area contributed by atoms with Crippen molar-refractivity contribution in [2.24, 2.45) is 5.41 Å². The first-order chi connectivity index (χ1) is 20.5. The number of hydrogen-bond donors (Lipinski definition) is 1. The number of imide groups is 1. The fourth-order valence-corrected chi connectivity index (χ4v) is 6.06. The monoisotopic (exact) mass is 602 g/mol. The van der Waals surface area contributed by atoms with Gasteiger partial charge in [-0.25, -0.2) is 14.8 Å². The number of benzene rings is 2. The average molecular weight is 603 g/mol. The van der Waals surface area contributed by atoms with Crippen molar-refractivity contribution in [1.29, 1.82) is 0 Å². The quantitative estimate of drug-likeness (QED) is 0.293. The molecule has 0 radical (unpaired) electrons. The Morgan fingerprint density at radius 2 is 1.84 bits per heavy atom. The van der Waals surface area contributed by atoms with Gasteiger partial charge in [-0.3, -0.25) is 14.5 Å². The van der Waals surface area contributed by atoms with Gasteiger partial charge in [0.25, 0.3) is 11.1 Å². The van der Waals surface area contributed by atoms with Crippen molar-refractivity contribution in [3.63, 3.8) is 0 Å². The Balaban J connectivity index is 1.28. The highest BCUT2D eigenvalue weighted by molar-refractivity contribution is 8.18. The summed E-state index contributed by atoms with van der Waals surface area (Å²) in [7, 11) is 0. The Bertz CT molecular complexity index is 1550. The van der Waals surface area contributed by atoms with Crippen LogP contribution in [0.15, 0.2) is 65.8 Å². The predicted octanol–water partition coefficient (Wildman–Crippen LogP) is 6.75. The lowest BCUT2D eigenvalue weighted by Gasteiger charge is -2.44. The van der Waals surface area contributed by atoms with Gasteiger partial charge >= 0.3 is 6.09 Å². The molecule has 5 rings (SSSR count). The summed E-state index contributed by atoms with van der Waals surface area (Å²) in [6.45, 7) is 8.50. The molecule has 11 heteroatoms. The summed E-state index contributed by atoms with van der Waals surface area (Å²) >= 11 is 0.915. The third-order valence-corrected chi connectivity index (χ3v) is 8.40. The zero-order chi connectivity index (χ0) is 30.7. The van der Waals surface area contributed by atoms with Crippen LogP contribution in [-0.4, -0.2) is 60.8 Å². The Kier molecular flexibility index (Phi) is 8.72. The molecular weight excluding hydrogens is 568 g/mol. The number of rotatable bonds is 7. The largest absolute Gasteiger partial charge is 0.474 e. The molecule has 3 amide bonds. The van der Waals surface area contributed by atoms with Gasteiger partial charge in [0.15, 0.2) is 0 Å². The molecule has 1 N–H and O–H groups in total. The second-order valence-corrected chi connectivity index (χ2v) is 12.7. The van der Waals surface area contributed by atoms with E-state index in [4.69, 9.17) is 9.47 Å². The number of nitrogens with zero attached hydrogens (tertiary/aromatic N) is 4. The Morgan fingerprint density at radius 1 is 1.09 bits per heavy atom. The number of ether oxygens (including phenoxy) is 2. The van der Waals surface area contributed by atoms with E-state index >= 15 is 0 Å².